The number of nitrogens with one attached hydrogen (secondary N) is 1. The van der Waals surface area contributed by atoms with Crippen molar-refractivity contribution in [3.63, 3.8) is 0 Å². The minimum atomic E-state index is -0.579. The lowest BCUT2D eigenvalue weighted by Gasteiger charge is -2.20. The molecule has 7 nitrogen and oxygen atoms in total. The number of hydrogen-bond acceptors (Lipinski definition) is 5. The molecule has 0 aliphatic heterocycles. The Hall–Kier alpha value is -3.01. The lowest BCUT2D eigenvalue weighted by Crippen LogP contribution is -2.40. The molecular weight excluding hydrogens is 306 g/mol. The molecule has 0 radical (unpaired) electrons. The molecule has 0 spiro atoms. The zero-order chi connectivity index (χ0) is 17.7. The van der Waals surface area contributed by atoms with Crippen molar-refractivity contribution in [1.29, 1.82) is 5.26 Å². The first-order chi connectivity index (χ1) is 11.5. The van der Waals surface area contributed by atoms with Gasteiger partial charge in [-0.15, -0.1) is 0 Å². The molecular formula is C17H21N5O2. The summed E-state index contributed by atoms with van der Waals surface area (Å²) in [6, 6.07) is 11.9. The first kappa shape index (κ1) is 17.3. The summed E-state index contributed by atoms with van der Waals surface area (Å²) >= 11 is 0. The van der Waals surface area contributed by atoms with E-state index in [4.69, 9.17) is 0 Å². The van der Waals surface area contributed by atoms with Crippen molar-refractivity contribution in [3.05, 3.63) is 56.7 Å². The highest BCUT2D eigenvalue weighted by Crippen LogP contribution is 2.11. The summed E-state index contributed by atoms with van der Waals surface area (Å²) in [7, 11) is 4.91. The van der Waals surface area contributed by atoms with Gasteiger partial charge in [-0.25, -0.2) is 4.79 Å². The lowest BCUT2D eigenvalue weighted by atomic mass is 10.2. The fourth-order valence-corrected chi connectivity index (χ4v) is 2.49. The maximum absolute atomic E-state index is 12.0. The largest absolute Gasteiger partial charge is 0.375 e. The maximum Gasteiger partial charge on any atom is 0.332 e. The van der Waals surface area contributed by atoms with Gasteiger partial charge in [0.1, 0.15) is 11.9 Å². The van der Waals surface area contributed by atoms with Gasteiger partial charge in [0.2, 0.25) is 0 Å². The van der Waals surface area contributed by atoms with E-state index in [0.29, 0.717) is 6.54 Å². The van der Waals surface area contributed by atoms with Crippen molar-refractivity contribution >= 4 is 11.5 Å². The Morgan fingerprint density at radius 1 is 1.17 bits per heavy atom. The van der Waals surface area contributed by atoms with Gasteiger partial charge in [0.05, 0.1) is 0 Å². The molecule has 0 bridgehead atoms. The van der Waals surface area contributed by atoms with Crippen LogP contribution in [0.4, 0.5) is 11.5 Å². The van der Waals surface area contributed by atoms with Crippen LogP contribution in [-0.2, 0) is 14.1 Å². The van der Waals surface area contributed by atoms with E-state index in [0.717, 1.165) is 23.2 Å². The van der Waals surface area contributed by atoms with Crippen LogP contribution in [0.15, 0.2) is 39.9 Å². The number of hydrogen-bond donors (Lipinski definition) is 1. The van der Waals surface area contributed by atoms with E-state index in [1.54, 1.807) is 7.05 Å². The SMILES string of the molecule is CN(CCCNc1c(C#N)c(=O)n(C)c(=O)n1C)c1ccccc1. The topological polar surface area (TPSA) is 83.1 Å². The van der Waals surface area contributed by atoms with Gasteiger partial charge in [0, 0.05) is 39.9 Å². The predicted molar refractivity (Wildman–Crippen MR) is 94.5 cm³/mol. The van der Waals surface area contributed by atoms with Crippen molar-refractivity contribution in [2.75, 3.05) is 30.4 Å². The first-order valence-corrected chi connectivity index (χ1v) is 7.67. The van der Waals surface area contributed by atoms with Crippen LogP contribution in [0.5, 0.6) is 0 Å². The van der Waals surface area contributed by atoms with E-state index < -0.39 is 11.2 Å². The van der Waals surface area contributed by atoms with Gasteiger partial charge in [-0.3, -0.25) is 13.9 Å². The highest BCUT2D eigenvalue weighted by Gasteiger charge is 2.14. The molecule has 2 aromatic rings. The van der Waals surface area contributed by atoms with Crippen LogP contribution < -0.4 is 21.5 Å². The first-order valence-electron chi connectivity index (χ1n) is 7.67. The second kappa shape index (κ2) is 7.51. The van der Waals surface area contributed by atoms with E-state index in [2.05, 4.69) is 10.2 Å². The van der Waals surface area contributed by atoms with E-state index >= 15 is 0 Å². The van der Waals surface area contributed by atoms with E-state index in [1.807, 2.05) is 43.4 Å². The number of nitrogens with zero attached hydrogens (tertiary/aromatic N) is 4. The molecule has 1 N–H and O–H groups in total. The molecule has 1 aromatic heterocycles. The highest BCUT2D eigenvalue weighted by molar-refractivity contribution is 5.51. The van der Waals surface area contributed by atoms with Gasteiger partial charge in [0.15, 0.2) is 5.56 Å². The van der Waals surface area contributed by atoms with Crippen molar-refractivity contribution in [1.82, 2.24) is 9.13 Å². The fraction of sp³-hybridized carbons (Fsp3) is 0.353. The standard InChI is InChI=1S/C17H21N5O2/c1-20(13-8-5-4-6-9-13)11-7-10-19-15-14(12-18)16(23)22(3)17(24)21(15)2/h4-6,8-9,19H,7,10-11H2,1-3H3. The number of anilines is 2. The smallest absolute Gasteiger partial charge is 0.332 e. The zero-order valence-corrected chi connectivity index (χ0v) is 14.1. The summed E-state index contributed by atoms with van der Waals surface area (Å²) in [5, 5.41) is 12.3. The summed E-state index contributed by atoms with van der Waals surface area (Å²) < 4.78 is 2.23. The van der Waals surface area contributed by atoms with Gasteiger partial charge < -0.3 is 10.2 Å². The van der Waals surface area contributed by atoms with Crippen LogP contribution in [0, 0.1) is 11.3 Å². The summed E-state index contributed by atoms with van der Waals surface area (Å²) in [4.78, 5) is 26.1. The molecule has 0 atom stereocenters. The van der Waals surface area contributed by atoms with Gasteiger partial charge in [0.25, 0.3) is 5.56 Å². The monoisotopic (exact) mass is 327 g/mol. The van der Waals surface area contributed by atoms with Crippen molar-refractivity contribution < 1.29 is 0 Å². The van der Waals surface area contributed by atoms with Crippen LogP contribution in [0.25, 0.3) is 0 Å². The van der Waals surface area contributed by atoms with Crippen LogP contribution in [-0.4, -0.2) is 29.3 Å². The van der Waals surface area contributed by atoms with Gasteiger partial charge in [-0.1, -0.05) is 18.2 Å². The van der Waals surface area contributed by atoms with Gasteiger partial charge in [-0.2, -0.15) is 5.26 Å². The Labute approximate surface area is 140 Å². The Morgan fingerprint density at radius 3 is 2.46 bits per heavy atom. The molecule has 24 heavy (non-hydrogen) atoms. The maximum atomic E-state index is 12.0. The van der Waals surface area contributed by atoms with E-state index in [9.17, 15) is 14.9 Å². The minimum absolute atomic E-state index is 0.0454. The summed E-state index contributed by atoms with van der Waals surface area (Å²) in [6.07, 6.45) is 0.791. The Morgan fingerprint density at radius 2 is 1.83 bits per heavy atom. The molecule has 0 amide bonds. The Balaban J connectivity index is 2.04. The average molecular weight is 327 g/mol. The predicted octanol–water partition coefficient (Wildman–Crippen LogP) is 0.894. The molecule has 0 fully saturated rings. The molecule has 2 rings (SSSR count). The summed E-state index contributed by atoms with van der Waals surface area (Å²) in [5.74, 6) is 0.271. The van der Waals surface area contributed by atoms with Gasteiger partial charge >= 0.3 is 5.69 Å². The molecule has 0 saturated carbocycles. The van der Waals surface area contributed by atoms with Crippen molar-refractivity contribution in [3.8, 4) is 6.07 Å². The second-order valence-electron chi connectivity index (χ2n) is 5.58. The Bertz CT molecular complexity index is 862. The third kappa shape index (κ3) is 3.49. The highest BCUT2D eigenvalue weighted by atomic mass is 16.2. The quantitative estimate of drug-likeness (QED) is 0.797. The average Bonchev–Trinajstić information content (AvgIpc) is 2.61. The lowest BCUT2D eigenvalue weighted by molar-refractivity contribution is 0.682. The molecule has 7 heteroatoms. The van der Waals surface area contributed by atoms with E-state index in [-0.39, 0.29) is 11.4 Å². The number of rotatable bonds is 6. The van der Waals surface area contributed by atoms with Crippen LogP contribution in [0.3, 0.4) is 0 Å². The Kier molecular flexibility index (Phi) is 5.42. The number of aromatic nitrogens is 2. The summed E-state index contributed by atoms with van der Waals surface area (Å²) in [6.45, 7) is 1.35. The minimum Gasteiger partial charge on any atom is -0.375 e. The third-order valence-electron chi connectivity index (χ3n) is 3.94. The zero-order valence-electron chi connectivity index (χ0n) is 14.1. The molecule has 0 saturated heterocycles. The van der Waals surface area contributed by atoms with Crippen LogP contribution in [0.2, 0.25) is 0 Å². The molecule has 1 heterocycles. The molecule has 126 valence electrons. The van der Waals surface area contributed by atoms with E-state index in [1.165, 1.54) is 11.6 Å². The summed E-state index contributed by atoms with van der Waals surface area (Å²) in [5.41, 5.74) is 0.0413. The third-order valence-corrected chi connectivity index (χ3v) is 3.94. The van der Waals surface area contributed by atoms with Crippen molar-refractivity contribution in [2.24, 2.45) is 14.1 Å². The number of benzene rings is 1. The molecule has 0 aliphatic carbocycles. The molecule has 0 aliphatic rings. The van der Waals surface area contributed by atoms with Crippen molar-refractivity contribution in [2.45, 2.75) is 6.42 Å². The van der Waals surface area contributed by atoms with Crippen LogP contribution >= 0.6 is 0 Å². The normalized spacial score (nSPS) is 10.2. The molecule has 0 unspecified atom stereocenters. The molecule has 1 aromatic carbocycles. The second-order valence-corrected chi connectivity index (χ2v) is 5.58. The van der Waals surface area contributed by atoms with Gasteiger partial charge in [-0.05, 0) is 18.6 Å². The fourth-order valence-electron chi connectivity index (χ4n) is 2.49. The van der Waals surface area contributed by atoms with Crippen LogP contribution in [0.1, 0.15) is 12.0 Å². The number of nitriles is 1. The number of para-hydroxylation sites is 1.